The molecule has 2 aromatic rings. The number of carbonyl (C=O) groups is 1. The van der Waals surface area contributed by atoms with Gasteiger partial charge in [-0.25, -0.2) is 9.78 Å². The van der Waals surface area contributed by atoms with Gasteiger partial charge in [-0.15, -0.1) is 0 Å². The zero-order valence-electron chi connectivity index (χ0n) is 13.8. The Morgan fingerprint density at radius 2 is 2.13 bits per heavy atom. The lowest BCUT2D eigenvalue weighted by Gasteiger charge is -2.23. The molecule has 1 aliphatic heterocycles. The Morgan fingerprint density at radius 1 is 1.30 bits per heavy atom. The van der Waals surface area contributed by atoms with Gasteiger partial charge in [-0.1, -0.05) is 18.2 Å². The predicted octanol–water partition coefficient (Wildman–Crippen LogP) is 3.47. The highest BCUT2D eigenvalue weighted by molar-refractivity contribution is 5.89. The Labute approximate surface area is 136 Å². The largest absolute Gasteiger partial charge is 0.385 e. The van der Waals surface area contributed by atoms with Gasteiger partial charge in [0.05, 0.1) is 5.69 Å². The lowest BCUT2D eigenvalue weighted by Crippen LogP contribution is -2.25. The molecule has 0 spiro atoms. The number of fused-ring (bicyclic) bond motifs is 1. The van der Waals surface area contributed by atoms with Crippen molar-refractivity contribution in [3.05, 3.63) is 41.0 Å². The summed E-state index contributed by atoms with van der Waals surface area (Å²) in [4.78, 5) is 16.4. The van der Waals surface area contributed by atoms with Gasteiger partial charge >= 0.3 is 6.03 Å². The van der Waals surface area contributed by atoms with E-state index in [1.54, 1.807) is 7.05 Å². The van der Waals surface area contributed by atoms with Crippen LogP contribution in [0.2, 0.25) is 0 Å². The first-order chi connectivity index (χ1) is 11.1. The quantitative estimate of drug-likeness (QED) is 0.795. The molecule has 0 aliphatic carbocycles. The maximum atomic E-state index is 11.6. The summed E-state index contributed by atoms with van der Waals surface area (Å²) in [5.41, 5.74) is 6.85. The van der Waals surface area contributed by atoms with Crippen LogP contribution in [0.1, 0.15) is 23.1 Å². The molecule has 3 rings (SSSR count). The van der Waals surface area contributed by atoms with Gasteiger partial charge in [0.1, 0.15) is 5.82 Å². The molecular formula is C18H22N4O. The maximum absolute atomic E-state index is 11.6. The van der Waals surface area contributed by atoms with E-state index in [0.29, 0.717) is 5.82 Å². The zero-order chi connectivity index (χ0) is 16.4. The van der Waals surface area contributed by atoms with Crippen molar-refractivity contribution in [3.8, 4) is 11.3 Å². The van der Waals surface area contributed by atoms with E-state index in [9.17, 15) is 4.79 Å². The Kier molecular flexibility index (Phi) is 4.19. The van der Waals surface area contributed by atoms with Crippen LogP contribution in [-0.2, 0) is 6.42 Å². The fraction of sp³-hybridized carbons (Fsp3) is 0.333. The highest BCUT2D eigenvalue weighted by atomic mass is 16.2. The van der Waals surface area contributed by atoms with E-state index in [-0.39, 0.29) is 6.03 Å². The van der Waals surface area contributed by atoms with Crippen molar-refractivity contribution in [2.75, 3.05) is 24.2 Å². The molecule has 0 bridgehead atoms. The molecule has 1 aromatic heterocycles. The van der Waals surface area contributed by atoms with Gasteiger partial charge in [0.2, 0.25) is 0 Å². The Morgan fingerprint density at radius 3 is 2.91 bits per heavy atom. The zero-order valence-corrected chi connectivity index (χ0v) is 13.8. The van der Waals surface area contributed by atoms with Crippen LogP contribution in [0, 0.1) is 13.8 Å². The minimum Gasteiger partial charge on any atom is -0.385 e. The number of benzene rings is 1. The van der Waals surface area contributed by atoms with Crippen molar-refractivity contribution in [3.63, 3.8) is 0 Å². The molecule has 0 radical (unpaired) electrons. The number of hydrogen-bond acceptors (Lipinski definition) is 3. The molecule has 0 unspecified atom stereocenters. The number of nitrogens with zero attached hydrogens (tertiary/aromatic N) is 1. The lowest BCUT2D eigenvalue weighted by molar-refractivity contribution is 0.254. The topological polar surface area (TPSA) is 66.0 Å². The molecule has 0 fully saturated rings. The Hall–Kier alpha value is -2.56. The first kappa shape index (κ1) is 15.3. The molecule has 3 N–H and O–H groups in total. The van der Waals surface area contributed by atoms with Gasteiger partial charge in [-0.2, -0.15) is 0 Å². The number of aryl methyl sites for hydroxylation is 1. The number of amides is 2. The second-order valence-corrected chi connectivity index (χ2v) is 5.86. The van der Waals surface area contributed by atoms with Crippen LogP contribution >= 0.6 is 0 Å². The summed E-state index contributed by atoms with van der Waals surface area (Å²) in [5.74, 6) is 0.563. The summed E-state index contributed by atoms with van der Waals surface area (Å²) >= 11 is 0. The Balaban J connectivity index is 2.15. The summed E-state index contributed by atoms with van der Waals surface area (Å²) in [6.07, 6.45) is 2.09. The fourth-order valence-electron chi connectivity index (χ4n) is 2.94. The second-order valence-electron chi connectivity index (χ2n) is 5.86. The van der Waals surface area contributed by atoms with E-state index < -0.39 is 0 Å². The van der Waals surface area contributed by atoms with Gasteiger partial charge < -0.3 is 10.6 Å². The first-order valence-corrected chi connectivity index (χ1v) is 7.93. The molecule has 1 aliphatic rings. The van der Waals surface area contributed by atoms with Crippen LogP contribution in [0.15, 0.2) is 24.3 Å². The third kappa shape index (κ3) is 2.99. The fourth-order valence-corrected chi connectivity index (χ4v) is 2.94. The average Bonchev–Trinajstić information content (AvgIpc) is 2.56. The molecule has 0 saturated heterocycles. The maximum Gasteiger partial charge on any atom is 0.320 e. The molecule has 120 valence electrons. The molecule has 23 heavy (non-hydrogen) atoms. The highest BCUT2D eigenvalue weighted by Crippen LogP contribution is 2.35. The number of hydrogen-bond donors (Lipinski definition) is 3. The van der Waals surface area contributed by atoms with Crippen molar-refractivity contribution in [1.82, 2.24) is 10.3 Å². The first-order valence-electron chi connectivity index (χ1n) is 7.93. The number of rotatable bonds is 2. The van der Waals surface area contributed by atoms with Crippen molar-refractivity contribution < 1.29 is 4.79 Å². The normalized spacial score (nSPS) is 13.0. The molecule has 2 amide bonds. The van der Waals surface area contributed by atoms with Gasteiger partial charge in [0.15, 0.2) is 0 Å². The summed E-state index contributed by atoms with van der Waals surface area (Å²) < 4.78 is 0. The van der Waals surface area contributed by atoms with Crippen molar-refractivity contribution in [2.24, 2.45) is 0 Å². The summed E-state index contributed by atoms with van der Waals surface area (Å²) in [5, 5.41) is 8.77. The number of carbonyl (C=O) groups excluding carboxylic acids is 1. The second kappa shape index (κ2) is 6.28. The van der Waals surface area contributed by atoms with E-state index in [0.717, 1.165) is 36.3 Å². The third-order valence-electron chi connectivity index (χ3n) is 4.37. The van der Waals surface area contributed by atoms with Gasteiger partial charge in [0.25, 0.3) is 0 Å². The summed E-state index contributed by atoms with van der Waals surface area (Å²) in [6.45, 7) is 5.17. The third-order valence-corrected chi connectivity index (χ3v) is 4.37. The van der Waals surface area contributed by atoms with Gasteiger partial charge in [-0.3, -0.25) is 5.32 Å². The molecule has 1 aromatic carbocycles. The van der Waals surface area contributed by atoms with E-state index in [1.807, 2.05) is 6.07 Å². The van der Waals surface area contributed by atoms with E-state index in [2.05, 4.69) is 48.0 Å². The number of nitrogens with one attached hydrogen (secondary N) is 3. The van der Waals surface area contributed by atoms with Crippen molar-refractivity contribution in [1.29, 1.82) is 0 Å². The smallest absolute Gasteiger partial charge is 0.320 e. The standard InChI is InChI=1S/C18H22N4O/c1-11-6-4-7-13(12(11)2)17-14-8-5-9-20-15(14)10-16(21-17)22-18(23)19-3/h4,6-7,10,20H,5,8-9H2,1-3H3,(H2,19,21,22,23). The monoisotopic (exact) mass is 310 g/mol. The van der Waals surface area contributed by atoms with Gasteiger partial charge in [-0.05, 0) is 37.8 Å². The molecule has 5 heteroatoms. The lowest BCUT2D eigenvalue weighted by atomic mass is 9.93. The van der Waals surface area contributed by atoms with Crippen LogP contribution in [0.25, 0.3) is 11.3 Å². The van der Waals surface area contributed by atoms with Crippen LogP contribution in [0.5, 0.6) is 0 Å². The molecule has 0 atom stereocenters. The minimum absolute atomic E-state index is 0.264. The van der Waals surface area contributed by atoms with Gasteiger partial charge in [0, 0.05) is 36.5 Å². The van der Waals surface area contributed by atoms with Crippen LogP contribution in [0.3, 0.4) is 0 Å². The predicted molar refractivity (Wildman–Crippen MR) is 94.0 cm³/mol. The highest BCUT2D eigenvalue weighted by Gasteiger charge is 2.19. The van der Waals surface area contributed by atoms with Crippen LogP contribution in [0.4, 0.5) is 16.3 Å². The minimum atomic E-state index is -0.264. The SMILES string of the molecule is CNC(=O)Nc1cc2c(c(-c3cccc(C)c3C)n1)CCCN2. The molecule has 2 heterocycles. The Bertz CT molecular complexity index is 755. The average molecular weight is 310 g/mol. The van der Waals surface area contributed by atoms with Crippen LogP contribution < -0.4 is 16.0 Å². The molecule has 5 nitrogen and oxygen atoms in total. The molecule has 0 saturated carbocycles. The van der Waals surface area contributed by atoms with Crippen molar-refractivity contribution >= 4 is 17.5 Å². The van der Waals surface area contributed by atoms with E-state index >= 15 is 0 Å². The number of pyridine rings is 1. The van der Waals surface area contributed by atoms with Crippen molar-refractivity contribution in [2.45, 2.75) is 26.7 Å². The summed E-state index contributed by atoms with van der Waals surface area (Å²) in [7, 11) is 1.59. The number of urea groups is 1. The van der Waals surface area contributed by atoms with Crippen LogP contribution in [-0.4, -0.2) is 24.6 Å². The number of anilines is 2. The summed E-state index contributed by atoms with van der Waals surface area (Å²) in [6, 6.07) is 7.92. The van der Waals surface area contributed by atoms with E-state index in [1.165, 1.54) is 16.7 Å². The number of aromatic nitrogens is 1. The molecular weight excluding hydrogens is 288 g/mol. The van der Waals surface area contributed by atoms with E-state index in [4.69, 9.17) is 4.98 Å².